The highest BCUT2D eigenvalue weighted by molar-refractivity contribution is 6.31. The first kappa shape index (κ1) is 21.3. The molecule has 0 saturated carbocycles. The van der Waals surface area contributed by atoms with E-state index in [2.05, 4.69) is 4.98 Å². The van der Waals surface area contributed by atoms with Crippen LogP contribution < -0.4 is 0 Å². The Morgan fingerprint density at radius 2 is 2.00 bits per heavy atom. The molecule has 33 heavy (non-hydrogen) atoms. The van der Waals surface area contributed by atoms with Gasteiger partial charge in [-0.3, -0.25) is 9.59 Å². The maximum atomic E-state index is 13.6. The molecule has 3 heterocycles. The molecule has 7 nitrogen and oxygen atoms in total. The molecule has 1 amide bonds. The summed E-state index contributed by atoms with van der Waals surface area (Å²) in [5, 5.41) is 12.9. The van der Waals surface area contributed by atoms with Gasteiger partial charge in [-0.25, -0.2) is 0 Å². The number of likely N-dealkylation sites (N-methyl/N-ethyl adjacent to an activating group) is 1. The fraction of sp³-hybridized carbons (Fsp3) is 0.200. The minimum Gasteiger partial charge on any atom is -0.503 e. The number of furan rings is 1. The van der Waals surface area contributed by atoms with Crippen LogP contribution >= 0.6 is 11.6 Å². The van der Waals surface area contributed by atoms with E-state index in [1.807, 2.05) is 43.3 Å². The summed E-state index contributed by atoms with van der Waals surface area (Å²) in [5.41, 5.74) is 2.13. The van der Waals surface area contributed by atoms with Gasteiger partial charge in [0.1, 0.15) is 5.58 Å². The SMILES string of the molecule is CN(C)CCN1C(=O)C(O)=C(C(=O)c2cc3cc(Cl)ccc3o2)C1c1c[nH]c2ccccc12. The van der Waals surface area contributed by atoms with Crippen LogP contribution in [0, 0.1) is 0 Å². The quantitative estimate of drug-likeness (QED) is 0.404. The van der Waals surface area contributed by atoms with Crippen LogP contribution in [0.4, 0.5) is 0 Å². The zero-order chi connectivity index (χ0) is 23.3. The van der Waals surface area contributed by atoms with Gasteiger partial charge in [-0.1, -0.05) is 29.8 Å². The first-order valence-electron chi connectivity index (χ1n) is 10.5. The van der Waals surface area contributed by atoms with Crippen molar-refractivity contribution in [1.29, 1.82) is 0 Å². The summed E-state index contributed by atoms with van der Waals surface area (Å²) < 4.78 is 5.77. The lowest BCUT2D eigenvalue weighted by Crippen LogP contribution is -2.36. The third-order valence-corrected chi connectivity index (χ3v) is 6.19. The van der Waals surface area contributed by atoms with Crippen LogP contribution in [0.1, 0.15) is 22.2 Å². The molecule has 1 aliphatic heterocycles. The minimum absolute atomic E-state index is 0.00802. The zero-order valence-electron chi connectivity index (χ0n) is 18.1. The first-order valence-corrected chi connectivity index (χ1v) is 10.9. The number of amides is 1. The molecule has 0 saturated heterocycles. The van der Waals surface area contributed by atoms with Gasteiger partial charge in [0.2, 0.25) is 5.78 Å². The molecule has 1 aliphatic rings. The van der Waals surface area contributed by atoms with Gasteiger partial charge in [0.25, 0.3) is 5.91 Å². The number of ketones is 1. The molecule has 0 fully saturated rings. The van der Waals surface area contributed by atoms with E-state index in [1.54, 1.807) is 30.5 Å². The van der Waals surface area contributed by atoms with Crippen LogP contribution in [0.3, 0.4) is 0 Å². The summed E-state index contributed by atoms with van der Waals surface area (Å²) in [6, 6.07) is 13.6. The van der Waals surface area contributed by atoms with Crippen LogP contribution in [-0.2, 0) is 4.79 Å². The summed E-state index contributed by atoms with van der Waals surface area (Å²) in [6.07, 6.45) is 1.79. The van der Waals surface area contributed by atoms with Crippen LogP contribution in [-0.4, -0.2) is 58.8 Å². The number of halogens is 1. The van der Waals surface area contributed by atoms with Gasteiger partial charge in [-0.05, 0) is 44.4 Å². The number of carbonyl (C=O) groups is 2. The second-order valence-corrected chi connectivity index (χ2v) is 8.81. The van der Waals surface area contributed by atoms with Gasteiger partial charge < -0.3 is 24.3 Å². The second kappa shape index (κ2) is 8.10. The monoisotopic (exact) mass is 463 g/mol. The summed E-state index contributed by atoms with van der Waals surface area (Å²) in [4.78, 5) is 33.4. The van der Waals surface area contributed by atoms with E-state index in [4.69, 9.17) is 16.0 Å². The van der Waals surface area contributed by atoms with Crippen LogP contribution in [0.15, 0.2) is 70.5 Å². The Hall–Kier alpha value is -3.55. The lowest BCUT2D eigenvalue weighted by Gasteiger charge is -2.27. The molecular weight excluding hydrogens is 442 g/mol. The van der Waals surface area contributed by atoms with Crippen molar-refractivity contribution in [3.05, 3.63) is 82.4 Å². The number of aliphatic hydroxyl groups excluding tert-OH is 1. The minimum atomic E-state index is -0.752. The predicted molar refractivity (Wildman–Crippen MR) is 127 cm³/mol. The Labute approximate surface area is 194 Å². The number of benzene rings is 2. The normalized spacial score (nSPS) is 16.7. The third kappa shape index (κ3) is 3.59. The van der Waals surface area contributed by atoms with Gasteiger partial charge in [0.05, 0.1) is 11.6 Å². The number of Topliss-reactive ketones (excluding diaryl/α,β-unsaturated/α-hetero) is 1. The Bertz CT molecular complexity index is 1430. The number of rotatable bonds is 6. The highest BCUT2D eigenvalue weighted by atomic mass is 35.5. The van der Waals surface area contributed by atoms with Gasteiger partial charge in [-0.15, -0.1) is 0 Å². The number of H-pyrrole nitrogens is 1. The standard InChI is InChI=1S/C25H22ClN3O4/c1-28(2)9-10-29-22(17-13-27-18-6-4-3-5-16(17)18)21(24(31)25(29)32)23(30)20-12-14-11-15(26)7-8-19(14)33-20/h3-8,11-13,22,27,31H,9-10H2,1-2H3. The number of para-hydroxylation sites is 1. The van der Waals surface area contributed by atoms with Crippen molar-refractivity contribution < 1.29 is 19.1 Å². The van der Waals surface area contributed by atoms with Crippen LogP contribution in [0.2, 0.25) is 5.02 Å². The summed E-state index contributed by atoms with van der Waals surface area (Å²) in [5.74, 6) is -1.61. The number of aromatic nitrogens is 1. The maximum absolute atomic E-state index is 13.6. The summed E-state index contributed by atoms with van der Waals surface area (Å²) in [6.45, 7) is 0.912. The molecule has 0 spiro atoms. The van der Waals surface area contributed by atoms with Gasteiger partial charge in [-0.2, -0.15) is 0 Å². The highest BCUT2D eigenvalue weighted by Gasteiger charge is 2.45. The summed E-state index contributed by atoms with van der Waals surface area (Å²) >= 11 is 6.07. The lowest BCUT2D eigenvalue weighted by molar-refractivity contribution is -0.129. The molecule has 0 radical (unpaired) electrons. The van der Waals surface area contributed by atoms with E-state index in [0.29, 0.717) is 29.1 Å². The molecule has 2 N–H and O–H groups in total. The number of aliphatic hydroxyl groups is 1. The number of nitrogens with one attached hydrogen (secondary N) is 1. The zero-order valence-corrected chi connectivity index (χ0v) is 18.9. The molecule has 0 aliphatic carbocycles. The molecule has 2 aromatic carbocycles. The van der Waals surface area contributed by atoms with Crippen molar-refractivity contribution in [3.8, 4) is 0 Å². The highest BCUT2D eigenvalue weighted by Crippen LogP contribution is 2.42. The Balaban J connectivity index is 1.63. The van der Waals surface area contributed by atoms with Gasteiger partial charge >= 0.3 is 0 Å². The first-order chi connectivity index (χ1) is 15.8. The molecule has 168 valence electrons. The van der Waals surface area contributed by atoms with Crippen molar-refractivity contribution in [3.63, 3.8) is 0 Å². The molecular formula is C25H22ClN3O4. The largest absolute Gasteiger partial charge is 0.503 e. The topological polar surface area (TPSA) is 89.8 Å². The van der Waals surface area contributed by atoms with Crippen LogP contribution in [0.5, 0.6) is 0 Å². The van der Waals surface area contributed by atoms with Crippen molar-refractivity contribution in [1.82, 2.24) is 14.8 Å². The fourth-order valence-electron chi connectivity index (χ4n) is 4.33. The van der Waals surface area contributed by atoms with E-state index in [-0.39, 0.29) is 11.3 Å². The molecule has 1 unspecified atom stereocenters. The molecule has 5 rings (SSSR count). The van der Waals surface area contributed by atoms with Crippen molar-refractivity contribution in [2.45, 2.75) is 6.04 Å². The van der Waals surface area contributed by atoms with Crippen molar-refractivity contribution >= 4 is 45.2 Å². The number of aromatic amines is 1. The van der Waals surface area contributed by atoms with E-state index in [9.17, 15) is 14.7 Å². The number of hydrogen-bond donors (Lipinski definition) is 2. The van der Waals surface area contributed by atoms with E-state index in [1.165, 1.54) is 4.90 Å². The maximum Gasteiger partial charge on any atom is 0.290 e. The van der Waals surface area contributed by atoms with Gasteiger partial charge in [0, 0.05) is 46.2 Å². The smallest absolute Gasteiger partial charge is 0.290 e. The molecule has 2 aromatic heterocycles. The fourth-order valence-corrected chi connectivity index (χ4v) is 4.51. The molecule has 8 heteroatoms. The van der Waals surface area contributed by atoms with E-state index in [0.717, 1.165) is 16.5 Å². The number of hydrogen-bond acceptors (Lipinski definition) is 5. The lowest BCUT2D eigenvalue weighted by atomic mass is 9.94. The number of fused-ring (bicyclic) bond motifs is 2. The van der Waals surface area contributed by atoms with Crippen molar-refractivity contribution in [2.75, 3.05) is 27.2 Å². The second-order valence-electron chi connectivity index (χ2n) is 8.38. The Kier molecular flexibility index (Phi) is 5.23. The van der Waals surface area contributed by atoms with E-state index >= 15 is 0 Å². The Morgan fingerprint density at radius 1 is 1.21 bits per heavy atom. The number of carbonyl (C=O) groups excluding carboxylic acids is 2. The average molecular weight is 464 g/mol. The molecule has 0 bridgehead atoms. The van der Waals surface area contributed by atoms with Crippen LogP contribution in [0.25, 0.3) is 21.9 Å². The average Bonchev–Trinajstić information content (AvgIpc) is 3.46. The Morgan fingerprint density at radius 3 is 2.79 bits per heavy atom. The predicted octanol–water partition coefficient (Wildman–Crippen LogP) is 4.71. The molecule has 1 atom stereocenters. The van der Waals surface area contributed by atoms with E-state index < -0.39 is 23.5 Å². The number of nitrogens with zero attached hydrogens (tertiary/aromatic N) is 2. The molecule has 4 aromatic rings. The van der Waals surface area contributed by atoms with Crippen molar-refractivity contribution in [2.24, 2.45) is 0 Å². The summed E-state index contributed by atoms with van der Waals surface area (Å²) in [7, 11) is 3.81. The third-order valence-electron chi connectivity index (χ3n) is 5.95. The van der Waals surface area contributed by atoms with Gasteiger partial charge in [0.15, 0.2) is 11.5 Å².